The van der Waals surface area contributed by atoms with E-state index in [1.807, 2.05) is 18.2 Å². The quantitative estimate of drug-likeness (QED) is 0.0169. The summed E-state index contributed by atoms with van der Waals surface area (Å²) in [6.07, 6.45) is 98.7. The number of hydrogen-bond acceptors (Lipinski definition) is 15. The topological polar surface area (TPSA) is 237 Å². The van der Waals surface area contributed by atoms with Crippen molar-refractivity contribution in [2.24, 2.45) is 0 Å². The van der Waals surface area contributed by atoms with Gasteiger partial charge in [-0.15, -0.1) is 0 Å². The van der Waals surface area contributed by atoms with E-state index in [-0.39, 0.29) is 25.7 Å². The molecule has 624 valence electrons. The van der Waals surface area contributed by atoms with E-state index in [4.69, 9.17) is 37.0 Å². The summed E-state index contributed by atoms with van der Waals surface area (Å²) >= 11 is 0. The summed E-state index contributed by atoms with van der Waals surface area (Å²) in [5, 5.41) is 10.7. The van der Waals surface area contributed by atoms with Gasteiger partial charge in [0.25, 0.3) is 0 Å². The lowest BCUT2D eigenvalue weighted by Crippen LogP contribution is -2.30. The summed E-state index contributed by atoms with van der Waals surface area (Å²) in [6.45, 7) is 4.39. The maximum Gasteiger partial charge on any atom is 0.472 e. The molecule has 0 spiro atoms. The lowest BCUT2D eigenvalue weighted by atomic mass is 10.0. The Balaban J connectivity index is 5.51. The van der Waals surface area contributed by atoms with Gasteiger partial charge >= 0.3 is 39.5 Å². The van der Waals surface area contributed by atoms with Gasteiger partial charge in [-0.05, 0) is 148 Å². The minimum atomic E-state index is -5.02. The third-order valence-corrected chi connectivity index (χ3v) is 18.8. The lowest BCUT2D eigenvalue weighted by Gasteiger charge is -2.21. The number of aliphatic hydroxyl groups excluding tert-OH is 1. The van der Waals surface area contributed by atoms with Crippen LogP contribution in [0.5, 0.6) is 0 Å². The normalized spacial score (nSPS) is 14.7. The number of esters is 4. The molecule has 0 aromatic heterocycles. The Hall–Kier alpha value is -5.84. The van der Waals surface area contributed by atoms with Gasteiger partial charge in [-0.3, -0.25) is 37.3 Å². The van der Waals surface area contributed by atoms with Crippen molar-refractivity contribution in [1.29, 1.82) is 0 Å². The number of ether oxygens (including phenoxy) is 4. The fourth-order valence-electron chi connectivity index (χ4n) is 10.6. The van der Waals surface area contributed by atoms with E-state index in [0.29, 0.717) is 32.1 Å². The van der Waals surface area contributed by atoms with E-state index in [1.165, 1.54) is 64.2 Å². The molecule has 5 unspecified atom stereocenters. The van der Waals surface area contributed by atoms with E-state index in [1.54, 1.807) is 0 Å². The van der Waals surface area contributed by atoms with Gasteiger partial charge in [0.1, 0.15) is 19.3 Å². The Morgan fingerprint density at radius 3 is 0.791 bits per heavy atom. The molecule has 0 saturated carbocycles. The first-order chi connectivity index (χ1) is 53.7. The fourth-order valence-corrected chi connectivity index (χ4v) is 12.2. The first kappa shape index (κ1) is 104. The highest BCUT2D eigenvalue weighted by atomic mass is 31.2. The van der Waals surface area contributed by atoms with Gasteiger partial charge in [-0.1, -0.05) is 319 Å². The first-order valence-electron chi connectivity index (χ1n) is 42.0. The van der Waals surface area contributed by atoms with Crippen LogP contribution >= 0.6 is 15.6 Å². The van der Waals surface area contributed by atoms with Crippen LogP contribution in [0.25, 0.3) is 0 Å². The molecule has 3 N–H and O–H groups in total. The lowest BCUT2D eigenvalue weighted by molar-refractivity contribution is -0.161. The number of allylic oxidation sites excluding steroid dienone is 30. The van der Waals surface area contributed by atoms with Gasteiger partial charge in [0.05, 0.1) is 26.4 Å². The zero-order valence-electron chi connectivity index (χ0n) is 68.4. The Labute approximate surface area is 666 Å². The van der Waals surface area contributed by atoms with Gasteiger partial charge in [0, 0.05) is 25.7 Å². The van der Waals surface area contributed by atoms with Crippen molar-refractivity contribution in [1.82, 2.24) is 0 Å². The Morgan fingerprint density at radius 1 is 0.264 bits per heavy atom. The maximum atomic E-state index is 13.1. The number of carbonyl (C=O) groups excluding carboxylic acids is 4. The second kappa shape index (κ2) is 81.2. The first-order valence-corrected chi connectivity index (χ1v) is 45.0. The highest BCUT2D eigenvalue weighted by molar-refractivity contribution is 7.47. The number of carbonyl (C=O) groups is 4. The second-order valence-corrected chi connectivity index (χ2v) is 30.2. The highest BCUT2D eigenvalue weighted by Crippen LogP contribution is 2.45. The van der Waals surface area contributed by atoms with Crippen molar-refractivity contribution >= 4 is 39.5 Å². The van der Waals surface area contributed by atoms with Gasteiger partial charge < -0.3 is 33.8 Å². The van der Waals surface area contributed by atoms with E-state index >= 15 is 0 Å². The Bertz CT molecular complexity index is 2800. The van der Waals surface area contributed by atoms with Crippen LogP contribution in [-0.4, -0.2) is 96.7 Å². The molecular weight excluding hydrogens is 1430 g/mol. The minimum Gasteiger partial charge on any atom is -0.462 e. The molecule has 17 nitrogen and oxygen atoms in total. The minimum absolute atomic E-state index is 0.0214. The predicted molar refractivity (Wildman–Crippen MR) is 454 cm³/mol. The number of phosphoric ester groups is 2. The zero-order valence-corrected chi connectivity index (χ0v) is 70.1. The molecule has 0 bridgehead atoms. The van der Waals surface area contributed by atoms with Crippen molar-refractivity contribution < 1.29 is 80.2 Å². The summed E-state index contributed by atoms with van der Waals surface area (Å²) in [5.74, 6) is -2.34. The number of rotatable bonds is 77. The van der Waals surface area contributed by atoms with Crippen LogP contribution in [0, 0.1) is 0 Å². The number of unbranched alkanes of at least 4 members (excludes halogenated alkanes) is 21. The molecule has 0 fully saturated rings. The van der Waals surface area contributed by atoms with Crippen molar-refractivity contribution in [3.63, 3.8) is 0 Å². The summed E-state index contributed by atoms with van der Waals surface area (Å²) in [7, 11) is -10.0. The summed E-state index contributed by atoms with van der Waals surface area (Å²) in [4.78, 5) is 73.2. The van der Waals surface area contributed by atoms with Crippen LogP contribution < -0.4 is 0 Å². The molecule has 0 rings (SSSR count). The van der Waals surface area contributed by atoms with Crippen LogP contribution in [0.2, 0.25) is 0 Å². The average molecular weight is 1580 g/mol. The van der Waals surface area contributed by atoms with Crippen molar-refractivity contribution in [3.05, 3.63) is 182 Å². The summed E-state index contributed by atoms with van der Waals surface area (Å²) in [5.41, 5.74) is 0. The number of phosphoric acid groups is 2. The third kappa shape index (κ3) is 80.2. The molecule has 19 heteroatoms. The monoisotopic (exact) mass is 1580 g/mol. The van der Waals surface area contributed by atoms with Crippen LogP contribution in [0.15, 0.2) is 182 Å². The van der Waals surface area contributed by atoms with Crippen molar-refractivity contribution in [2.45, 2.75) is 329 Å². The molecule has 5 atom stereocenters. The van der Waals surface area contributed by atoms with Crippen LogP contribution in [0.3, 0.4) is 0 Å². The molecule has 0 amide bonds. The maximum absolute atomic E-state index is 13.1. The van der Waals surface area contributed by atoms with Crippen molar-refractivity contribution in [2.75, 3.05) is 39.6 Å². The van der Waals surface area contributed by atoms with E-state index < -0.39 is 97.5 Å². The molecule has 0 saturated heterocycles. The molecule has 0 heterocycles. The largest absolute Gasteiger partial charge is 0.472 e. The molecule has 0 radical (unpaired) electrons. The van der Waals surface area contributed by atoms with E-state index in [2.05, 4.69) is 192 Å². The molecule has 0 aliphatic rings. The third-order valence-electron chi connectivity index (χ3n) is 16.9. The van der Waals surface area contributed by atoms with Gasteiger partial charge in [-0.25, -0.2) is 9.13 Å². The van der Waals surface area contributed by atoms with Crippen LogP contribution in [0.1, 0.15) is 310 Å². The molecule has 110 heavy (non-hydrogen) atoms. The molecule has 0 aromatic carbocycles. The Morgan fingerprint density at radius 2 is 0.491 bits per heavy atom. The smallest absolute Gasteiger partial charge is 0.462 e. The number of aliphatic hydroxyl groups is 1. The van der Waals surface area contributed by atoms with Gasteiger partial charge in [-0.2, -0.15) is 0 Å². The molecular formula is C91H148O17P2. The predicted octanol–water partition coefficient (Wildman–Crippen LogP) is 25.1. The fraction of sp³-hybridized carbons (Fsp3) is 0.626. The van der Waals surface area contributed by atoms with Crippen LogP contribution in [0.4, 0.5) is 0 Å². The SMILES string of the molecule is CC/C=C\C/C=C\C/C=C\C/C=C\C/C=C\C/C=C\CCC(=O)OCC(COP(=O)(O)OCC(O)COP(=O)(O)OCC(COC(=O)CCCCCC/C=C\C/C=C\C/C=C\C/C=C\CC)OC(=O)CCCCCCCCCCCCCCCCC)OC(=O)CCCCC/C=C\C/C=C\C/C=C\C/C=C\C/C=C\CC. The number of hydrogen-bond donors (Lipinski definition) is 3. The molecule has 0 aliphatic carbocycles. The summed E-state index contributed by atoms with van der Waals surface area (Å²) in [6, 6.07) is 0. The zero-order chi connectivity index (χ0) is 80.3. The molecule has 0 aliphatic heterocycles. The van der Waals surface area contributed by atoms with E-state index in [0.717, 1.165) is 161 Å². The Kier molecular flexibility index (Phi) is 76.9. The molecule has 0 aromatic rings. The summed E-state index contributed by atoms with van der Waals surface area (Å²) < 4.78 is 68.7. The van der Waals surface area contributed by atoms with Gasteiger partial charge in [0.15, 0.2) is 12.2 Å². The van der Waals surface area contributed by atoms with Gasteiger partial charge in [0.2, 0.25) is 0 Å². The van der Waals surface area contributed by atoms with Crippen LogP contribution in [-0.2, 0) is 65.4 Å². The standard InChI is InChI=1S/C91H148O17P2/c1-5-9-13-17-21-25-29-33-37-40-42-45-49-52-56-60-64-68-72-76-89(94)102-82-87(108-91(96)78-74-70-66-62-58-54-50-46-43-41-38-34-30-26-22-18-14-10-6-2)84-106-110(99,100)104-80-85(92)79-103-109(97,98)105-83-86(107-90(95)77-73-69-65-61-57-53-47-36-32-28-24-20-16-12-8-4)81-101-88(93)75-71-67-63-59-55-51-48-44-39-35-31-27-23-19-15-11-7-3/h9-11,13-15,21-23,25-27,33-35,37-39,42-43,45-46,48,51-52,54,56,58,64,68,85-87,92H,5-8,12,16-20,24,28-32,36,40-41,44,47,49-50,53,55,57,59-63,65-67,69-84H2,1-4H3,(H,97,98)(H,99,100)/b13-9-,14-10-,15-11-,25-21-,26-22-,27-23-,37-33-,38-34-,39-35-,45-42-,46-43-,51-48-,56-52-,58-54-,68-64-. The highest BCUT2D eigenvalue weighted by Gasteiger charge is 2.30. The van der Waals surface area contributed by atoms with Crippen molar-refractivity contribution in [3.8, 4) is 0 Å². The van der Waals surface area contributed by atoms with E-state index in [9.17, 15) is 43.2 Å². The average Bonchev–Trinajstić information content (AvgIpc) is 0.900. The second-order valence-electron chi connectivity index (χ2n) is 27.3.